The van der Waals surface area contributed by atoms with Crippen molar-refractivity contribution in [2.24, 2.45) is 0 Å². The van der Waals surface area contributed by atoms with Crippen molar-refractivity contribution in [2.45, 2.75) is 25.5 Å². The van der Waals surface area contributed by atoms with Gasteiger partial charge in [-0.15, -0.1) is 0 Å². The maximum absolute atomic E-state index is 13.2. The number of ketones is 1. The Kier molecular flexibility index (Phi) is 5.95. The van der Waals surface area contributed by atoms with Crippen molar-refractivity contribution in [2.75, 3.05) is 12.9 Å². The van der Waals surface area contributed by atoms with Crippen LogP contribution in [0.2, 0.25) is 0 Å². The average molecular weight is 434 g/mol. The van der Waals surface area contributed by atoms with E-state index >= 15 is 0 Å². The quantitative estimate of drug-likeness (QED) is 0.266. The van der Waals surface area contributed by atoms with E-state index in [4.69, 9.17) is 9.72 Å². The first-order chi connectivity index (χ1) is 15.0. The number of rotatable bonds is 7. The van der Waals surface area contributed by atoms with E-state index < -0.39 is 0 Å². The molecule has 1 N–H and O–H groups in total. The van der Waals surface area contributed by atoms with Crippen molar-refractivity contribution in [3.63, 3.8) is 0 Å². The molecule has 7 heteroatoms. The van der Waals surface area contributed by atoms with Crippen LogP contribution in [0.4, 0.5) is 0 Å². The van der Waals surface area contributed by atoms with Gasteiger partial charge in [-0.1, -0.05) is 36.0 Å². The van der Waals surface area contributed by atoms with Crippen molar-refractivity contribution in [3.05, 3.63) is 87.5 Å². The van der Waals surface area contributed by atoms with Crippen LogP contribution in [0.3, 0.4) is 0 Å². The molecule has 0 fully saturated rings. The summed E-state index contributed by atoms with van der Waals surface area (Å²) < 4.78 is 6.85. The van der Waals surface area contributed by atoms with Crippen molar-refractivity contribution in [3.8, 4) is 5.75 Å². The van der Waals surface area contributed by atoms with E-state index in [-0.39, 0.29) is 17.1 Å². The number of carbonyl (C=O) groups is 1. The predicted octanol–water partition coefficient (Wildman–Crippen LogP) is 4.37. The van der Waals surface area contributed by atoms with Crippen LogP contribution in [0.25, 0.3) is 10.9 Å². The van der Waals surface area contributed by atoms with E-state index in [9.17, 15) is 9.59 Å². The number of nitrogens with one attached hydrogen (secondary N) is 1. The first-order valence-corrected chi connectivity index (χ1v) is 10.9. The molecule has 6 nitrogen and oxygen atoms in total. The molecular formula is C24H23N3O3S. The van der Waals surface area contributed by atoms with Crippen molar-refractivity contribution in [1.82, 2.24) is 14.5 Å². The Balaban J connectivity index is 1.68. The smallest absolute Gasteiger partial charge is 0.262 e. The number of aromatic amines is 1. The van der Waals surface area contributed by atoms with Gasteiger partial charge in [0.25, 0.3) is 5.56 Å². The number of Topliss-reactive ketones (excluding diaryl/α,β-unsaturated/α-hetero) is 1. The highest BCUT2D eigenvalue weighted by molar-refractivity contribution is 7.99. The molecule has 0 aliphatic rings. The molecule has 31 heavy (non-hydrogen) atoms. The number of fused-ring (bicyclic) bond motifs is 1. The minimum atomic E-state index is -0.120. The number of ether oxygens (including phenoxy) is 1. The van der Waals surface area contributed by atoms with Crippen LogP contribution >= 0.6 is 11.8 Å². The average Bonchev–Trinajstić information content (AvgIpc) is 3.12. The number of thioether (sulfide) groups is 1. The Hall–Kier alpha value is -3.32. The third-order valence-electron chi connectivity index (χ3n) is 5.11. The number of para-hydroxylation sites is 1. The van der Waals surface area contributed by atoms with Gasteiger partial charge >= 0.3 is 0 Å². The summed E-state index contributed by atoms with van der Waals surface area (Å²) in [4.78, 5) is 33.9. The molecule has 0 amide bonds. The van der Waals surface area contributed by atoms with Crippen LogP contribution in [0, 0.1) is 13.8 Å². The zero-order valence-electron chi connectivity index (χ0n) is 17.6. The van der Waals surface area contributed by atoms with Crippen LogP contribution in [-0.4, -0.2) is 33.2 Å². The van der Waals surface area contributed by atoms with E-state index in [1.54, 1.807) is 17.7 Å². The number of hydrogen-bond donors (Lipinski definition) is 1. The summed E-state index contributed by atoms with van der Waals surface area (Å²) in [5, 5.41) is 1.08. The molecule has 2 aromatic heterocycles. The fraction of sp³-hybridized carbons (Fsp3) is 0.208. The standard InChI is InChI=1S/C24H23N3O3S/c1-15-12-20(16(2)25-15)22(28)14-31-24-26-21-7-5-4-6-19(21)23(29)27(24)13-17-8-10-18(30-3)11-9-17/h4-12,25H,13-14H2,1-3H3. The zero-order valence-corrected chi connectivity index (χ0v) is 18.5. The number of benzene rings is 2. The SMILES string of the molecule is COc1ccc(Cn2c(SCC(=O)c3cc(C)[nH]c3C)nc3ccccc3c2=O)cc1. The van der Waals surface area contributed by atoms with Crippen LogP contribution in [0.5, 0.6) is 5.75 Å². The highest BCUT2D eigenvalue weighted by atomic mass is 32.2. The molecule has 0 bridgehead atoms. The van der Waals surface area contributed by atoms with Gasteiger partial charge in [-0.3, -0.25) is 14.2 Å². The van der Waals surface area contributed by atoms with E-state index in [1.165, 1.54) is 11.8 Å². The second-order valence-corrected chi connectivity index (χ2v) is 8.30. The second-order valence-electron chi connectivity index (χ2n) is 7.35. The lowest BCUT2D eigenvalue weighted by Gasteiger charge is -2.13. The van der Waals surface area contributed by atoms with E-state index in [2.05, 4.69) is 4.98 Å². The fourth-order valence-corrected chi connectivity index (χ4v) is 4.41. The largest absolute Gasteiger partial charge is 0.497 e. The third kappa shape index (κ3) is 4.41. The predicted molar refractivity (Wildman–Crippen MR) is 123 cm³/mol. The molecule has 2 heterocycles. The highest BCUT2D eigenvalue weighted by Crippen LogP contribution is 2.22. The summed E-state index contributed by atoms with van der Waals surface area (Å²) in [5.41, 5.74) is 3.93. The molecule has 0 aliphatic carbocycles. The van der Waals surface area contributed by atoms with Gasteiger partial charge in [-0.05, 0) is 49.7 Å². The molecule has 0 spiro atoms. The van der Waals surface area contributed by atoms with E-state index in [1.807, 2.05) is 62.4 Å². The third-order valence-corrected chi connectivity index (χ3v) is 6.09. The maximum Gasteiger partial charge on any atom is 0.262 e. The van der Waals surface area contributed by atoms with Gasteiger partial charge in [0.2, 0.25) is 0 Å². The lowest BCUT2D eigenvalue weighted by Crippen LogP contribution is -2.24. The Morgan fingerprint density at radius 3 is 2.55 bits per heavy atom. The number of nitrogens with zero attached hydrogens (tertiary/aromatic N) is 2. The van der Waals surface area contributed by atoms with Gasteiger partial charge in [0, 0.05) is 17.0 Å². The van der Waals surface area contributed by atoms with Crippen molar-refractivity contribution >= 4 is 28.4 Å². The van der Waals surface area contributed by atoms with Crippen LogP contribution in [0.1, 0.15) is 27.3 Å². The number of hydrogen-bond acceptors (Lipinski definition) is 5. The van der Waals surface area contributed by atoms with Crippen LogP contribution < -0.4 is 10.3 Å². The number of aryl methyl sites for hydroxylation is 2. The van der Waals surface area contributed by atoms with Crippen molar-refractivity contribution < 1.29 is 9.53 Å². The minimum absolute atomic E-state index is 0.00487. The number of H-pyrrole nitrogens is 1. The van der Waals surface area contributed by atoms with Crippen molar-refractivity contribution in [1.29, 1.82) is 0 Å². The molecule has 0 saturated heterocycles. The molecular weight excluding hydrogens is 410 g/mol. The monoisotopic (exact) mass is 433 g/mol. The summed E-state index contributed by atoms with van der Waals surface area (Å²) in [7, 11) is 1.62. The molecule has 0 unspecified atom stereocenters. The Morgan fingerprint density at radius 1 is 1.13 bits per heavy atom. The summed E-state index contributed by atoms with van der Waals surface area (Å²) in [6, 6.07) is 16.7. The highest BCUT2D eigenvalue weighted by Gasteiger charge is 2.16. The Labute approximate surface area is 184 Å². The molecule has 0 saturated carbocycles. The van der Waals surface area contributed by atoms with Gasteiger partial charge in [-0.2, -0.15) is 0 Å². The summed E-state index contributed by atoms with van der Waals surface area (Å²) in [6.45, 7) is 4.17. The van der Waals surface area contributed by atoms with E-state index in [0.717, 1.165) is 22.7 Å². The molecule has 0 atom stereocenters. The number of aromatic nitrogens is 3. The second kappa shape index (κ2) is 8.81. The molecule has 4 aromatic rings. The minimum Gasteiger partial charge on any atom is -0.497 e. The van der Waals surface area contributed by atoms with Gasteiger partial charge in [-0.25, -0.2) is 4.98 Å². The Morgan fingerprint density at radius 2 is 1.87 bits per heavy atom. The van der Waals surface area contributed by atoms with Crippen LogP contribution in [-0.2, 0) is 6.54 Å². The summed E-state index contributed by atoms with van der Waals surface area (Å²) in [6.07, 6.45) is 0. The lowest BCUT2D eigenvalue weighted by atomic mass is 10.2. The first kappa shape index (κ1) is 20.9. The van der Waals surface area contributed by atoms with Gasteiger partial charge in [0.1, 0.15) is 5.75 Å². The number of carbonyl (C=O) groups excluding carboxylic acids is 1. The molecule has 4 rings (SSSR count). The lowest BCUT2D eigenvalue weighted by molar-refractivity contribution is 0.102. The molecule has 158 valence electrons. The fourth-order valence-electron chi connectivity index (χ4n) is 3.53. The van der Waals surface area contributed by atoms with Gasteiger partial charge in [0.05, 0.1) is 30.3 Å². The number of methoxy groups -OCH3 is 1. The zero-order chi connectivity index (χ0) is 22.0. The Bertz CT molecular complexity index is 1310. The molecule has 0 radical (unpaired) electrons. The molecule has 2 aromatic carbocycles. The topological polar surface area (TPSA) is 77.0 Å². The maximum atomic E-state index is 13.2. The molecule has 0 aliphatic heterocycles. The summed E-state index contributed by atoms with van der Waals surface area (Å²) >= 11 is 1.29. The summed E-state index contributed by atoms with van der Waals surface area (Å²) in [5.74, 6) is 0.960. The van der Waals surface area contributed by atoms with Gasteiger partial charge in [0.15, 0.2) is 10.9 Å². The first-order valence-electron chi connectivity index (χ1n) is 9.91. The van der Waals surface area contributed by atoms with E-state index in [0.29, 0.717) is 28.2 Å². The van der Waals surface area contributed by atoms with Crippen LogP contribution in [0.15, 0.2) is 64.5 Å². The van der Waals surface area contributed by atoms with Gasteiger partial charge < -0.3 is 9.72 Å². The normalized spacial score (nSPS) is 11.1.